The lowest BCUT2D eigenvalue weighted by Crippen LogP contribution is -2.08. The van der Waals surface area contributed by atoms with Crippen LogP contribution in [0, 0.1) is 0 Å². The van der Waals surface area contributed by atoms with Gasteiger partial charge in [0.15, 0.2) is 0 Å². The molecular formula is C40H82O13. The third-order valence-electron chi connectivity index (χ3n) is 7.44. The quantitative estimate of drug-likeness (QED) is 0.0765. The summed E-state index contributed by atoms with van der Waals surface area (Å²) in [6.45, 7) is 19.6. The van der Waals surface area contributed by atoms with Gasteiger partial charge in [0.2, 0.25) is 0 Å². The number of aliphatic hydroxyl groups is 1. The fourth-order valence-electron chi connectivity index (χ4n) is 4.53. The Morgan fingerprint density at radius 1 is 0.208 bits per heavy atom. The SMILES string of the molecule is CCCCOCCCOCCCOCCCOCCCOCCCOCCCOCCCOCCCOCCCOCCCOCCCOCCCO. The predicted octanol–water partition coefficient (Wildman–Crippen LogP) is 5.66. The molecule has 0 aromatic heterocycles. The van der Waals surface area contributed by atoms with Gasteiger partial charge in [0.05, 0.1) is 0 Å². The predicted molar refractivity (Wildman–Crippen MR) is 207 cm³/mol. The standard InChI is InChI=1S/C40H82O13/c1-2-3-17-42-19-5-21-44-23-7-25-46-27-9-29-48-31-11-33-50-35-13-37-52-39-15-40-53-38-14-36-51-34-12-32-49-30-10-28-47-26-8-24-45-22-6-20-43-18-4-16-41/h41H,2-40H2,1H3. The summed E-state index contributed by atoms with van der Waals surface area (Å²) in [7, 11) is 0. The zero-order valence-electron chi connectivity index (χ0n) is 33.9. The van der Waals surface area contributed by atoms with Crippen LogP contribution in [0.4, 0.5) is 0 Å². The van der Waals surface area contributed by atoms with Crippen molar-refractivity contribution in [1.82, 2.24) is 0 Å². The van der Waals surface area contributed by atoms with Crippen LogP contribution >= 0.6 is 0 Å². The first-order valence-electron chi connectivity index (χ1n) is 21.0. The molecule has 0 unspecified atom stereocenters. The average molecular weight is 771 g/mol. The Morgan fingerprint density at radius 3 is 0.472 bits per heavy atom. The molecule has 0 aromatic carbocycles. The van der Waals surface area contributed by atoms with Crippen molar-refractivity contribution in [2.45, 2.75) is 96.8 Å². The first-order valence-corrected chi connectivity index (χ1v) is 21.0. The first-order chi connectivity index (χ1) is 26.4. The second-order valence-electron chi connectivity index (χ2n) is 12.7. The van der Waals surface area contributed by atoms with Gasteiger partial charge < -0.3 is 61.9 Å². The van der Waals surface area contributed by atoms with Crippen LogP contribution in [0.2, 0.25) is 0 Å². The summed E-state index contributed by atoms with van der Waals surface area (Å²) < 4.78 is 67.2. The van der Waals surface area contributed by atoms with Gasteiger partial charge in [-0.15, -0.1) is 0 Å². The van der Waals surface area contributed by atoms with Crippen molar-refractivity contribution in [3.63, 3.8) is 0 Å². The molecule has 53 heavy (non-hydrogen) atoms. The van der Waals surface area contributed by atoms with Crippen LogP contribution in [0.3, 0.4) is 0 Å². The Hall–Kier alpha value is -0.520. The number of rotatable bonds is 50. The molecule has 0 aliphatic heterocycles. The molecule has 0 aliphatic carbocycles. The van der Waals surface area contributed by atoms with Gasteiger partial charge in [0, 0.05) is 165 Å². The largest absolute Gasteiger partial charge is 0.396 e. The molecule has 0 saturated heterocycles. The molecule has 0 spiro atoms. The summed E-state index contributed by atoms with van der Waals surface area (Å²) in [6.07, 6.45) is 13.0. The maximum absolute atomic E-state index is 8.68. The summed E-state index contributed by atoms with van der Waals surface area (Å²) in [5.41, 5.74) is 0. The van der Waals surface area contributed by atoms with Crippen molar-refractivity contribution in [3.05, 3.63) is 0 Å². The van der Waals surface area contributed by atoms with E-state index in [2.05, 4.69) is 6.92 Å². The first kappa shape index (κ1) is 52.5. The second-order valence-corrected chi connectivity index (χ2v) is 12.7. The van der Waals surface area contributed by atoms with E-state index in [-0.39, 0.29) is 6.61 Å². The van der Waals surface area contributed by atoms with E-state index in [9.17, 15) is 0 Å². The Kier molecular flexibility index (Phi) is 51.0. The van der Waals surface area contributed by atoms with Crippen LogP contribution < -0.4 is 0 Å². The molecule has 0 aliphatic rings. The van der Waals surface area contributed by atoms with Crippen molar-refractivity contribution in [1.29, 1.82) is 0 Å². The minimum atomic E-state index is 0.179. The minimum absolute atomic E-state index is 0.179. The molecule has 1 N–H and O–H groups in total. The third kappa shape index (κ3) is 51.5. The summed E-state index contributed by atoms with van der Waals surface area (Å²) in [4.78, 5) is 0. The van der Waals surface area contributed by atoms with Crippen molar-refractivity contribution in [3.8, 4) is 0 Å². The van der Waals surface area contributed by atoms with Gasteiger partial charge in [-0.3, -0.25) is 0 Å². The highest BCUT2D eigenvalue weighted by molar-refractivity contribution is 4.45. The Morgan fingerprint density at radius 2 is 0.340 bits per heavy atom. The van der Waals surface area contributed by atoms with Gasteiger partial charge in [-0.2, -0.15) is 0 Å². The van der Waals surface area contributed by atoms with Crippen LogP contribution in [0.15, 0.2) is 0 Å². The van der Waals surface area contributed by atoms with Crippen LogP contribution in [-0.2, 0) is 56.8 Å². The Balaban J connectivity index is 3.05. The number of unbranched alkanes of at least 4 members (excludes halogenated alkanes) is 1. The maximum Gasteiger partial charge on any atom is 0.0488 e. The minimum Gasteiger partial charge on any atom is -0.396 e. The van der Waals surface area contributed by atoms with E-state index in [1.54, 1.807) is 0 Å². The smallest absolute Gasteiger partial charge is 0.0488 e. The zero-order valence-corrected chi connectivity index (χ0v) is 33.9. The summed E-state index contributed by atoms with van der Waals surface area (Å²) in [5.74, 6) is 0. The van der Waals surface area contributed by atoms with E-state index in [4.69, 9.17) is 61.9 Å². The highest BCUT2D eigenvalue weighted by Crippen LogP contribution is 1.97. The van der Waals surface area contributed by atoms with Gasteiger partial charge in [-0.25, -0.2) is 0 Å². The zero-order chi connectivity index (χ0) is 38.1. The van der Waals surface area contributed by atoms with E-state index in [1.807, 2.05) is 0 Å². The van der Waals surface area contributed by atoms with Gasteiger partial charge in [-0.05, 0) is 83.5 Å². The van der Waals surface area contributed by atoms with Gasteiger partial charge >= 0.3 is 0 Å². The van der Waals surface area contributed by atoms with Crippen LogP contribution in [0.25, 0.3) is 0 Å². The second kappa shape index (κ2) is 51.5. The van der Waals surface area contributed by atoms with E-state index >= 15 is 0 Å². The van der Waals surface area contributed by atoms with Crippen molar-refractivity contribution in [2.75, 3.05) is 165 Å². The van der Waals surface area contributed by atoms with Crippen molar-refractivity contribution < 1.29 is 61.9 Å². The highest BCUT2D eigenvalue weighted by atomic mass is 16.5. The fourth-order valence-corrected chi connectivity index (χ4v) is 4.53. The lowest BCUT2D eigenvalue weighted by Gasteiger charge is -2.08. The van der Waals surface area contributed by atoms with Crippen molar-refractivity contribution in [2.24, 2.45) is 0 Å². The lowest BCUT2D eigenvalue weighted by atomic mass is 10.4. The molecule has 0 rings (SSSR count). The maximum atomic E-state index is 8.68. The summed E-state index contributed by atoms with van der Waals surface area (Å²) in [5, 5.41) is 8.68. The average Bonchev–Trinajstić information content (AvgIpc) is 3.17. The molecule has 0 amide bonds. The molecule has 0 fully saturated rings. The molecule has 13 nitrogen and oxygen atoms in total. The van der Waals surface area contributed by atoms with E-state index < -0.39 is 0 Å². The monoisotopic (exact) mass is 771 g/mol. The molecular weight excluding hydrogens is 688 g/mol. The summed E-state index contributed by atoms with van der Waals surface area (Å²) >= 11 is 0. The Bertz CT molecular complexity index is 571. The number of ether oxygens (including phenoxy) is 12. The van der Waals surface area contributed by atoms with Crippen LogP contribution in [0.1, 0.15) is 96.8 Å². The number of hydrogen-bond donors (Lipinski definition) is 1. The van der Waals surface area contributed by atoms with Crippen LogP contribution in [-0.4, -0.2) is 170 Å². The van der Waals surface area contributed by atoms with Gasteiger partial charge in [-0.1, -0.05) is 13.3 Å². The molecule has 0 aromatic rings. The number of hydrogen-bond acceptors (Lipinski definition) is 13. The molecule has 0 heterocycles. The highest BCUT2D eigenvalue weighted by Gasteiger charge is 1.98. The molecule has 0 atom stereocenters. The molecule has 0 saturated carbocycles. The number of aliphatic hydroxyl groups excluding tert-OH is 1. The molecule has 0 bridgehead atoms. The normalized spacial score (nSPS) is 11.7. The molecule has 13 heteroatoms. The van der Waals surface area contributed by atoms with Gasteiger partial charge in [0.25, 0.3) is 0 Å². The van der Waals surface area contributed by atoms with E-state index in [0.29, 0.717) is 112 Å². The molecule has 0 radical (unpaired) electrons. The Labute approximate surface area is 323 Å². The van der Waals surface area contributed by atoms with Gasteiger partial charge in [0.1, 0.15) is 0 Å². The fraction of sp³-hybridized carbons (Fsp3) is 1.00. The van der Waals surface area contributed by atoms with E-state index in [0.717, 1.165) is 130 Å². The topological polar surface area (TPSA) is 131 Å². The third-order valence-corrected chi connectivity index (χ3v) is 7.44. The van der Waals surface area contributed by atoms with E-state index in [1.165, 1.54) is 6.42 Å². The summed E-state index contributed by atoms with van der Waals surface area (Å²) in [6, 6.07) is 0. The lowest BCUT2D eigenvalue weighted by molar-refractivity contribution is 0.0400. The van der Waals surface area contributed by atoms with Crippen molar-refractivity contribution >= 4 is 0 Å². The van der Waals surface area contributed by atoms with Crippen LogP contribution in [0.5, 0.6) is 0 Å². The molecule has 320 valence electrons.